The van der Waals surface area contributed by atoms with Crippen LogP contribution in [0.4, 0.5) is 8.78 Å². The Hall–Kier alpha value is -1.98. The van der Waals surface area contributed by atoms with Gasteiger partial charge in [-0.25, -0.2) is 13.5 Å². The molecular weight excluding hydrogens is 571 g/mol. The number of rotatable bonds is 9. The fraction of sp³-hybridized carbons (Fsp3) is 0.519. The Morgan fingerprint density at radius 3 is 2.31 bits per heavy atom. The Kier molecular flexibility index (Phi) is 8.14. The minimum Gasteiger partial charge on any atom is -0.490 e. The van der Waals surface area contributed by atoms with Gasteiger partial charge in [0.25, 0.3) is 5.91 Å². The molecule has 2 heterocycles. The maximum absolute atomic E-state index is 15.8. The smallest absolute Gasteiger partial charge is 0.304 e. The summed E-state index contributed by atoms with van der Waals surface area (Å²) < 4.78 is 64.2. The van der Waals surface area contributed by atoms with Crippen molar-refractivity contribution in [2.24, 2.45) is 0 Å². The molecule has 0 bridgehead atoms. The first-order valence-corrected chi connectivity index (χ1v) is 15.3. The minimum atomic E-state index is -4.01. The number of carbonyl (C=O) groups excluding carboxylic acids is 1. The molecule has 1 amide bonds. The average Bonchev–Trinajstić information content (AvgIpc) is 3.66. The average molecular weight is 603 g/mol. The largest absolute Gasteiger partial charge is 0.490 e. The summed E-state index contributed by atoms with van der Waals surface area (Å²) >= 11 is 12.3. The van der Waals surface area contributed by atoms with Gasteiger partial charge in [-0.15, -0.1) is 0 Å². The zero-order valence-electron chi connectivity index (χ0n) is 21.6. The van der Waals surface area contributed by atoms with E-state index in [1.165, 1.54) is 6.07 Å². The zero-order chi connectivity index (χ0) is 27.9. The lowest BCUT2D eigenvalue weighted by molar-refractivity contribution is 0.00614. The van der Waals surface area contributed by atoms with Gasteiger partial charge in [0.05, 0.1) is 5.56 Å². The highest BCUT2D eigenvalue weighted by molar-refractivity contribution is 7.87. The number of hydrogen-bond acceptors (Lipinski definition) is 5. The molecule has 0 radical (unpaired) electrons. The van der Waals surface area contributed by atoms with Crippen LogP contribution in [0.25, 0.3) is 0 Å². The standard InChI is InChI=1S/C27H31Cl2F2N3O4S/c1-17(19-11-20(28)13-21(29)12-19)33-9-5-27(31,6-10-33)16-38-25-15-24(30)23(14-22(25)18-3-4-18)26(35)32-39(36,37)34-7-2-8-34/h11-15,17-18H,2-10,16H2,1H3,(H,32,35). The second-order valence-electron chi connectivity index (χ2n) is 10.7. The van der Waals surface area contributed by atoms with E-state index in [0.29, 0.717) is 48.2 Å². The van der Waals surface area contributed by atoms with E-state index in [9.17, 15) is 17.6 Å². The van der Waals surface area contributed by atoms with E-state index in [1.807, 2.05) is 23.8 Å². The van der Waals surface area contributed by atoms with E-state index in [2.05, 4.69) is 4.90 Å². The van der Waals surface area contributed by atoms with Crippen molar-refractivity contribution in [3.05, 3.63) is 62.9 Å². The second kappa shape index (κ2) is 11.1. The van der Waals surface area contributed by atoms with E-state index in [0.717, 1.165) is 28.8 Å². The van der Waals surface area contributed by atoms with Gasteiger partial charge in [-0.2, -0.15) is 12.7 Å². The van der Waals surface area contributed by atoms with E-state index in [-0.39, 0.29) is 42.7 Å². The summed E-state index contributed by atoms with van der Waals surface area (Å²) in [6, 6.07) is 7.81. The van der Waals surface area contributed by atoms with Crippen LogP contribution in [0.3, 0.4) is 0 Å². The molecule has 212 valence electrons. The van der Waals surface area contributed by atoms with Crippen LogP contribution >= 0.6 is 23.2 Å². The highest BCUT2D eigenvalue weighted by Crippen LogP contribution is 2.45. The van der Waals surface area contributed by atoms with Gasteiger partial charge in [-0.1, -0.05) is 23.2 Å². The number of halogens is 4. The molecule has 12 heteroatoms. The molecule has 2 aromatic carbocycles. The van der Waals surface area contributed by atoms with Crippen molar-refractivity contribution in [3.8, 4) is 5.75 Å². The minimum absolute atomic E-state index is 0.00540. The van der Waals surface area contributed by atoms with E-state index in [1.54, 1.807) is 6.07 Å². The number of carbonyl (C=O) groups is 1. The first kappa shape index (κ1) is 28.5. The van der Waals surface area contributed by atoms with Crippen LogP contribution in [0.2, 0.25) is 10.0 Å². The molecule has 2 aromatic rings. The van der Waals surface area contributed by atoms with Crippen molar-refractivity contribution < 1.29 is 26.7 Å². The monoisotopic (exact) mass is 601 g/mol. The Bertz CT molecular complexity index is 1340. The van der Waals surface area contributed by atoms with Gasteiger partial charge in [0.1, 0.15) is 23.8 Å². The molecule has 1 saturated carbocycles. The third-order valence-electron chi connectivity index (χ3n) is 7.83. The molecule has 7 nitrogen and oxygen atoms in total. The van der Waals surface area contributed by atoms with Crippen LogP contribution in [0.15, 0.2) is 30.3 Å². The summed E-state index contributed by atoms with van der Waals surface area (Å²) in [5.41, 5.74) is -0.413. The summed E-state index contributed by atoms with van der Waals surface area (Å²) in [6.07, 6.45) is 2.85. The summed E-state index contributed by atoms with van der Waals surface area (Å²) in [5.74, 6) is -1.69. The molecule has 0 spiro atoms. The fourth-order valence-electron chi connectivity index (χ4n) is 5.04. The number of nitrogens with zero attached hydrogens (tertiary/aromatic N) is 2. The third-order valence-corrected chi connectivity index (χ3v) is 9.76. The molecule has 5 rings (SSSR count). The predicted octanol–water partition coefficient (Wildman–Crippen LogP) is 5.63. The van der Waals surface area contributed by atoms with Crippen molar-refractivity contribution in [1.29, 1.82) is 0 Å². The third kappa shape index (κ3) is 6.51. The van der Waals surface area contributed by atoms with Crippen molar-refractivity contribution >= 4 is 39.3 Å². The number of alkyl halides is 1. The molecule has 0 aromatic heterocycles. The van der Waals surface area contributed by atoms with Crippen LogP contribution in [0, 0.1) is 5.82 Å². The number of benzene rings is 2. The summed E-state index contributed by atoms with van der Waals surface area (Å²) in [6.45, 7) is 3.43. The van der Waals surface area contributed by atoms with Crippen LogP contribution in [-0.2, 0) is 10.2 Å². The Morgan fingerprint density at radius 1 is 1.10 bits per heavy atom. The first-order chi connectivity index (χ1) is 18.4. The van der Waals surface area contributed by atoms with Gasteiger partial charge < -0.3 is 4.74 Å². The van der Waals surface area contributed by atoms with Gasteiger partial charge in [0, 0.05) is 48.3 Å². The molecule has 1 atom stereocenters. The number of nitrogens with one attached hydrogen (secondary N) is 1. The Balaban J connectivity index is 1.23. The van der Waals surface area contributed by atoms with Crippen molar-refractivity contribution in [1.82, 2.24) is 13.9 Å². The van der Waals surface area contributed by atoms with Gasteiger partial charge in [0.2, 0.25) is 0 Å². The summed E-state index contributed by atoms with van der Waals surface area (Å²) in [5, 5.41) is 1.10. The molecule has 1 N–H and O–H groups in total. The van der Waals surface area contributed by atoms with Crippen molar-refractivity contribution in [2.45, 2.75) is 56.7 Å². The van der Waals surface area contributed by atoms with Crippen LogP contribution < -0.4 is 9.46 Å². The van der Waals surface area contributed by atoms with Crippen molar-refractivity contribution in [3.63, 3.8) is 0 Å². The number of amides is 1. The number of hydrogen-bond donors (Lipinski definition) is 1. The molecule has 3 fully saturated rings. The topological polar surface area (TPSA) is 79.0 Å². The van der Waals surface area contributed by atoms with Crippen LogP contribution in [-0.4, -0.2) is 62.0 Å². The maximum Gasteiger partial charge on any atom is 0.304 e. The fourth-order valence-corrected chi connectivity index (χ4v) is 6.79. The van der Waals surface area contributed by atoms with E-state index >= 15 is 4.39 Å². The number of ether oxygens (including phenoxy) is 1. The lowest BCUT2D eigenvalue weighted by Crippen LogP contribution is -2.49. The molecule has 2 aliphatic heterocycles. The Morgan fingerprint density at radius 2 is 1.74 bits per heavy atom. The predicted molar refractivity (Wildman–Crippen MR) is 146 cm³/mol. The molecule has 1 aliphatic carbocycles. The van der Waals surface area contributed by atoms with Gasteiger partial charge in [-0.3, -0.25) is 9.69 Å². The lowest BCUT2D eigenvalue weighted by Gasteiger charge is -2.39. The maximum atomic E-state index is 15.8. The van der Waals surface area contributed by atoms with E-state index in [4.69, 9.17) is 27.9 Å². The molecule has 39 heavy (non-hydrogen) atoms. The SMILES string of the molecule is CC(c1cc(Cl)cc(Cl)c1)N1CCC(F)(COc2cc(F)c(C(=O)NS(=O)(=O)N3CCC3)cc2C2CC2)CC1. The quantitative estimate of drug-likeness (QED) is 0.403. The zero-order valence-corrected chi connectivity index (χ0v) is 23.9. The highest BCUT2D eigenvalue weighted by Gasteiger charge is 2.38. The number of piperidine rings is 1. The molecule has 2 saturated heterocycles. The lowest BCUT2D eigenvalue weighted by atomic mass is 9.92. The van der Waals surface area contributed by atoms with Gasteiger partial charge in [-0.05, 0) is 80.3 Å². The normalized spacial score (nSPS) is 20.7. The van der Waals surface area contributed by atoms with Gasteiger partial charge >= 0.3 is 10.2 Å². The van der Waals surface area contributed by atoms with E-state index < -0.39 is 27.6 Å². The first-order valence-electron chi connectivity index (χ1n) is 13.1. The molecular formula is C27H31Cl2F2N3O4S. The van der Waals surface area contributed by atoms with Crippen LogP contribution in [0.1, 0.15) is 72.5 Å². The second-order valence-corrected chi connectivity index (χ2v) is 13.2. The Labute approximate surface area is 237 Å². The number of likely N-dealkylation sites (tertiary alicyclic amines) is 1. The summed E-state index contributed by atoms with van der Waals surface area (Å²) in [7, 11) is -4.01. The van der Waals surface area contributed by atoms with Crippen molar-refractivity contribution in [2.75, 3.05) is 32.8 Å². The summed E-state index contributed by atoms with van der Waals surface area (Å²) in [4.78, 5) is 14.8. The molecule has 3 aliphatic rings. The highest BCUT2D eigenvalue weighted by atomic mass is 35.5. The van der Waals surface area contributed by atoms with Crippen LogP contribution in [0.5, 0.6) is 5.75 Å². The molecule has 1 unspecified atom stereocenters. The van der Waals surface area contributed by atoms with Gasteiger partial charge in [0.15, 0.2) is 0 Å².